The number of hydrogen-bond donors (Lipinski definition) is 1. The van der Waals surface area contributed by atoms with Gasteiger partial charge >= 0.3 is 0 Å². The monoisotopic (exact) mass is 234 g/mol. The molecule has 0 unspecified atom stereocenters. The molecule has 0 aliphatic rings. The maximum atomic E-state index is 12.0. The van der Waals surface area contributed by atoms with Gasteiger partial charge in [-0.05, 0) is 25.0 Å². The zero-order valence-electron chi connectivity index (χ0n) is 10.8. The number of carbonyl (C=O) groups is 1. The second kappa shape index (κ2) is 7.71. The molecule has 0 aliphatic carbocycles. The lowest BCUT2D eigenvalue weighted by Gasteiger charge is -2.21. The molecule has 1 N–H and O–H groups in total. The van der Waals surface area contributed by atoms with Gasteiger partial charge in [-0.1, -0.05) is 32.0 Å². The van der Waals surface area contributed by atoms with E-state index in [4.69, 9.17) is 0 Å². The van der Waals surface area contributed by atoms with Crippen LogP contribution in [0, 0.1) is 0 Å². The van der Waals surface area contributed by atoms with Crippen LogP contribution in [0.25, 0.3) is 0 Å². The first-order chi connectivity index (χ1) is 8.27. The minimum absolute atomic E-state index is 0.178. The number of benzene rings is 1. The second-order valence-corrected chi connectivity index (χ2v) is 4.10. The van der Waals surface area contributed by atoms with Crippen molar-refractivity contribution in [2.45, 2.75) is 26.7 Å². The standard InChI is InChI=1S/C14H22N2O/c1-3-10-16(11-4-2)14(17)12-15-13-8-6-5-7-9-13/h5-9,15H,3-4,10-12H2,1-2H3. The number of anilines is 1. The van der Waals surface area contributed by atoms with E-state index in [1.807, 2.05) is 35.2 Å². The second-order valence-electron chi connectivity index (χ2n) is 4.10. The molecule has 0 spiro atoms. The van der Waals surface area contributed by atoms with E-state index in [-0.39, 0.29) is 5.91 Å². The van der Waals surface area contributed by atoms with Gasteiger partial charge in [-0.2, -0.15) is 0 Å². The largest absolute Gasteiger partial charge is 0.376 e. The molecule has 0 saturated carbocycles. The molecule has 1 amide bonds. The number of amides is 1. The number of nitrogens with zero attached hydrogens (tertiary/aromatic N) is 1. The highest BCUT2D eigenvalue weighted by atomic mass is 16.2. The zero-order chi connectivity index (χ0) is 12.5. The molecule has 0 atom stereocenters. The van der Waals surface area contributed by atoms with Gasteiger partial charge in [0.05, 0.1) is 6.54 Å². The highest BCUT2D eigenvalue weighted by molar-refractivity contribution is 5.80. The summed E-state index contributed by atoms with van der Waals surface area (Å²) in [5.74, 6) is 0.178. The lowest BCUT2D eigenvalue weighted by Crippen LogP contribution is -2.36. The average Bonchev–Trinajstić information content (AvgIpc) is 2.37. The Balaban J connectivity index is 2.41. The van der Waals surface area contributed by atoms with Crippen LogP contribution < -0.4 is 5.32 Å². The highest BCUT2D eigenvalue weighted by Crippen LogP contribution is 2.05. The van der Waals surface area contributed by atoms with Crippen molar-refractivity contribution in [3.63, 3.8) is 0 Å². The van der Waals surface area contributed by atoms with E-state index in [0.29, 0.717) is 6.54 Å². The normalized spacial score (nSPS) is 10.0. The number of para-hydroxylation sites is 1. The van der Waals surface area contributed by atoms with Gasteiger partial charge in [-0.25, -0.2) is 0 Å². The fourth-order valence-electron chi connectivity index (χ4n) is 1.75. The Morgan fingerprint density at radius 2 is 1.71 bits per heavy atom. The molecule has 1 rings (SSSR count). The molecule has 1 aromatic carbocycles. The molecular weight excluding hydrogens is 212 g/mol. The Hall–Kier alpha value is -1.51. The summed E-state index contributed by atoms with van der Waals surface area (Å²) in [7, 11) is 0. The summed E-state index contributed by atoms with van der Waals surface area (Å²) >= 11 is 0. The van der Waals surface area contributed by atoms with Crippen molar-refractivity contribution in [3.05, 3.63) is 30.3 Å². The van der Waals surface area contributed by atoms with Crippen molar-refractivity contribution < 1.29 is 4.79 Å². The Labute approximate surface area is 104 Å². The lowest BCUT2D eigenvalue weighted by molar-refractivity contribution is -0.129. The third-order valence-electron chi connectivity index (χ3n) is 2.56. The first kappa shape index (κ1) is 13.6. The molecule has 17 heavy (non-hydrogen) atoms. The van der Waals surface area contributed by atoms with E-state index in [1.54, 1.807) is 0 Å². The molecule has 0 radical (unpaired) electrons. The lowest BCUT2D eigenvalue weighted by atomic mass is 10.3. The molecule has 0 saturated heterocycles. The van der Waals surface area contributed by atoms with Crippen molar-refractivity contribution in [1.29, 1.82) is 0 Å². The van der Waals surface area contributed by atoms with Crippen LogP contribution in [0.2, 0.25) is 0 Å². The van der Waals surface area contributed by atoms with Crippen LogP contribution in [0.3, 0.4) is 0 Å². The summed E-state index contributed by atoms with van der Waals surface area (Å²) in [6.07, 6.45) is 2.02. The third kappa shape index (κ3) is 4.89. The predicted molar refractivity (Wildman–Crippen MR) is 72.1 cm³/mol. The van der Waals surface area contributed by atoms with Gasteiger partial charge < -0.3 is 10.2 Å². The van der Waals surface area contributed by atoms with Crippen LogP contribution in [-0.4, -0.2) is 30.4 Å². The van der Waals surface area contributed by atoms with E-state index in [2.05, 4.69) is 19.2 Å². The van der Waals surface area contributed by atoms with Gasteiger partial charge in [0.2, 0.25) is 5.91 Å². The fraction of sp³-hybridized carbons (Fsp3) is 0.500. The van der Waals surface area contributed by atoms with Gasteiger partial charge in [0.25, 0.3) is 0 Å². The van der Waals surface area contributed by atoms with Crippen molar-refractivity contribution >= 4 is 11.6 Å². The summed E-state index contributed by atoms with van der Waals surface area (Å²) in [4.78, 5) is 13.9. The fourth-order valence-corrected chi connectivity index (χ4v) is 1.75. The van der Waals surface area contributed by atoms with Crippen molar-refractivity contribution in [2.24, 2.45) is 0 Å². The van der Waals surface area contributed by atoms with Crippen LogP contribution >= 0.6 is 0 Å². The first-order valence-electron chi connectivity index (χ1n) is 6.34. The Morgan fingerprint density at radius 1 is 1.12 bits per heavy atom. The first-order valence-corrected chi connectivity index (χ1v) is 6.34. The molecule has 0 aliphatic heterocycles. The summed E-state index contributed by atoms with van der Waals surface area (Å²) < 4.78 is 0. The molecule has 0 aromatic heterocycles. The van der Waals surface area contributed by atoms with E-state index in [9.17, 15) is 4.79 Å². The Morgan fingerprint density at radius 3 is 2.24 bits per heavy atom. The topological polar surface area (TPSA) is 32.3 Å². The summed E-state index contributed by atoms with van der Waals surface area (Å²) in [6.45, 7) is 6.28. The Bertz CT molecular complexity index is 318. The maximum absolute atomic E-state index is 12.0. The van der Waals surface area contributed by atoms with Gasteiger partial charge in [0.15, 0.2) is 0 Å². The van der Waals surface area contributed by atoms with E-state index >= 15 is 0 Å². The van der Waals surface area contributed by atoms with Crippen LogP contribution in [-0.2, 0) is 4.79 Å². The molecule has 1 aromatic rings. The van der Waals surface area contributed by atoms with E-state index in [0.717, 1.165) is 31.6 Å². The third-order valence-corrected chi connectivity index (χ3v) is 2.56. The number of nitrogens with one attached hydrogen (secondary N) is 1. The predicted octanol–water partition coefficient (Wildman–Crippen LogP) is 2.75. The summed E-state index contributed by atoms with van der Waals surface area (Å²) in [5, 5.41) is 3.15. The van der Waals surface area contributed by atoms with Crippen LogP contribution in [0.5, 0.6) is 0 Å². The molecule has 3 nitrogen and oxygen atoms in total. The quantitative estimate of drug-likeness (QED) is 0.786. The molecular formula is C14H22N2O. The van der Waals surface area contributed by atoms with Gasteiger partial charge in [0.1, 0.15) is 0 Å². The minimum Gasteiger partial charge on any atom is -0.376 e. The van der Waals surface area contributed by atoms with Crippen LogP contribution in [0.15, 0.2) is 30.3 Å². The van der Waals surface area contributed by atoms with E-state index in [1.165, 1.54) is 0 Å². The van der Waals surface area contributed by atoms with Gasteiger partial charge in [0, 0.05) is 18.8 Å². The van der Waals surface area contributed by atoms with Crippen molar-refractivity contribution in [2.75, 3.05) is 25.0 Å². The maximum Gasteiger partial charge on any atom is 0.241 e. The van der Waals surface area contributed by atoms with Crippen LogP contribution in [0.1, 0.15) is 26.7 Å². The molecule has 3 heteroatoms. The Kier molecular flexibility index (Phi) is 6.15. The van der Waals surface area contributed by atoms with Gasteiger partial charge in [-0.15, -0.1) is 0 Å². The van der Waals surface area contributed by atoms with Crippen molar-refractivity contribution in [1.82, 2.24) is 4.90 Å². The molecule has 0 bridgehead atoms. The smallest absolute Gasteiger partial charge is 0.241 e. The zero-order valence-corrected chi connectivity index (χ0v) is 10.8. The number of rotatable bonds is 7. The number of hydrogen-bond acceptors (Lipinski definition) is 2. The minimum atomic E-state index is 0.178. The summed E-state index contributed by atoms with van der Waals surface area (Å²) in [5.41, 5.74) is 0.994. The average molecular weight is 234 g/mol. The number of carbonyl (C=O) groups excluding carboxylic acids is 1. The molecule has 94 valence electrons. The van der Waals surface area contributed by atoms with Crippen LogP contribution in [0.4, 0.5) is 5.69 Å². The van der Waals surface area contributed by atoms with E-state index < -0.39 is 0 Å². The SMILES string of the molecule is CCCN(CCC)C(=O)CNc1ccccc1. The van der Waals surface area contributed by atoms with Crippen molar-refractivity contribution in [3.8, 4) is 0 Å². The molecule has 0 heterocycles. The molecule has 0 fully saturated rings. The van der Waals surface area contributed by atoms with Gasteiger partial charge in [-0.3, -0.25) is 4.79 Å². The highest BCUT2D eigenvalue weighted by Gasteiger charge is 2.10. The summed E-state index contributed by atoms with van der Waals surface area (Å²) in [6, 6.07) is 9.83.